The van der Waals surface area contributed by atoms with Gasteiger partial charge in [-0.2, -0.15) is 0 Å². The van der Waals surface area contributed by atoms with Gasteiger partial charge in [0, 0.05) is 0 Å². The topological polar surface area (TPSA) is 66.8 Å². The highest BCUT2D eigenvalue weighted by Gasteiger charge is 2.14. The van der Waals surface area contributed by atoms with Crippen LogP contribution < -0.4 is 4.52 Å². The largest absolute Gasteiger partial charge is 0.524 e. The van der Waals surface area contributed by atoms with E-state index in [2.05, 4.69) is 24.3 Å². The van der Waals surface area contributed by atoms with Crippen molar-refractivity contribution in [2.75, 3.05) is 0 Å². The first-order valence-electron chi connectivity index (χ1n) is 10.7. The molecule has 4 aromatic carbocycles. The minimum atomic E-state index is -4.39. The predicted octanol–water partition coefficient (Wildman–Crippen LogP) is 8.15. The molecule has 0 radical (unpaired) electrons. The summed E-state index contributed by atoms with van der Waals surface area (Å²) in [6.45, 7) is 10.9. The number of phosphoric ester groups is 1. The van der Waals surface area contributed by atoms with Gasteiger partial charge in [-0.1, -0.05) is 147 Å². The van der Waals surface area contributed by atoms with Gasteiger partial charge in [0.25, 0.3) is 0 Å². The van der Waals surface area contributed by atoms with Crippen molar-refractivity contribution in [2.45, 2.75) is 0 Å². The summed E-state index contributed by atoms with van der Waals surface area (Å²) in [5, 5.41) is 0. The monoisotopic (exact) mass is 486 g/mol. The molecule has 0 amide bonds. The standard InChI is InChI=1S/3C8H8.C6H7O4P/c3*1-2-8-6-4-3-5-7-8;7-11(8,9)10-6-4-2-1-3-5-6/h3*2-7H,1H2;1-5H,(H2,7,8,9). The van der Waals surface area contributed by atoms with Gasteiger partial charge >= 0.3 is 7.82 Å². The molecular formula is C30H31O4P. The number of hydrogen-bond acceptors (Lipinski definition) is 2. The molecule has 0 aromatic heterocycles. The Morgan fingerprint density at radius 1 is 0.514 bits per heavy atom. The van der Waals surface area contributed by atoms with Gasteiger partial charge in [-0.05, 0) is 28.8 Å². The third-order valence-corrected chi connectivity index (χ3v) is 4.52. The lowest BCUT2D eigenvalue weighted by molar-refractivity contribution is 0.283. The number of benzene rings is 4. The van der Waals surface area contributed by atoms with Gasteiger partial charge in [-0.3, -0.25) is 9.79 Å². The van der Waals surface area contributed by atoms with E-state index in [0.29, 0.717) is 0 Å². The lowest BCUT2D eigenvalue weighted by Gasteiger charge is -2.04. The van der Waals surface area contributed by atoms with Crippen LogP contribution in [0.3, 0.4) is 0 Å². The molecule has 0 aliphatic rings. The molecule has 0 spiro atoms. The highest BCUT2D eigenvalue weighted by molar-refractivity contribution is 7.46. The Balaban J connectivity index is 0.000000236. The predicted molar refractivity (Wildman–Crippen MR) is 149 cm³/mol. The molecule has 0 saturated heterocycles. The van der Waals surface area contributed by atoms with Crippen molar-refractivity contribution in [3.8, 4) is 5.75 Å². The van der Waals surface area contributed by atoms with Gasteiger partial charge in [0.1, 0.15) is 5.75 Å². The van der Waals surface area contributed by atoms with Gasteiger partial charge in [-0.15, -0.1) is 0 Å². The van der Waals surface area contributed by atoms with Crippen LogP contribution >= 0.6 is 7.82 Å². The second-order valence-electron chi connectivity index (χ2n) is 6.74. The van der Waals surface area contributed by atoms with Crippen molar-refractivity contribution >= 4 is 26.1 Å². The first kappa shape index (κ1) is 29.1. The Hall–Kier alpha value is -3.95. The maximum atomic E-state index is 10.3. The van der Waals surface area contributed by atoms with Gasteiger partial charge < -0.3 is 4.52 Å². The van der Waals surface area contributed by atoms with Crippen LogP contribution in [0.2, 0.25) is 0 Å². The van der Waals surface area contributed by atoms with E-state index in [1.807, 2.05) is 109 Å². The molecule has 5 heteroatoms. The molecular weight excluding hydrogens is 455 g/mol. The van der Waals surface area contributed by atoms with E-state index >= 15 is 0 Å². The smallest absolute Gasteiger partial charge is 0.404 e. The molecule has 0 aliphatic heterocycles. The Kier molecular flexibility index (Phi) is 14.6. The van der Waals surface area contributed by atoms with Crippen LogP contribution in [-0.2, 0) is 4.57 Å². The highest BCUT2D eigenvalue weighted by atomic mass is 31.2. The summed E-state index contributed by atoms with van der Waals surface area (Å²) in [4.78, 5) is 16.7. The molecule has 0 unspecified atom stereocenters. The zero-order valence-electron chi connectivity index (χ0n) is 19.6. The van der Waals surface area contributed by atoms with Crippen molar-refractivity contribution in [2.24, 2.45) is 0 Å². The molecule has 0 atom stereocenters. The van der Waals surface area contributed by atoms with E-state index in [1.54, 1.807) is 18.2 Å². The average molecular weight is 487 g/mol. The molecule has 4 aromatic rings. The molecule has 2 N–H and O–H groups in total. The van der Waals surface area contributed by atoms with E-state index in [0.717, 1.165) is 0 Å². The van der Waals surface area contributed by atoms with Crippen LogP contribution in [0.1, 0.15) is 16.7 Å². The van der Waals surface area contributed by atoms with Crippen LogP contribution in [0, 0.1) is 0 Å². The fraction of sp³-hybridized carbons (Fsp3) is 0. The summed E-state index contributed by atoms with van der Waals surface area (Å²) in [6.07, 6.45) is 5.50. The molecule has 0 aliphatic carbocycles. The van der Waals surface area contributed by atoms with Crippen molar-refractivity contribution in [3.05, 3.63) is 158 Å². The fourth-order valence-corrected chi connectivity index (χ4v) is 2.78. The molecule has 35 heavy (non-hydrogen) atoms. The normalized spacial score (nSPS) is 9.31. The SMILES string of the molecule is C=Cc1ccccc1.C=Cc1ccccc1.C=Cc1ccccc1.O=P(O)(O)Oc1ccccc1. The Morgan fingerprint density at radius 2 is 0.771 bits per heavy atom. The lowest BCUT2D eigenvalue weighted by atomic mass is 10.2. The van der Waals surface area contributed by atoms with Gasteiger partial charge in [-0.25, -0.2) is 4.57 Å². The number of hydrogen-bond donors (Lipinski definition) is 2. The van der Waals surface area contributed by atoms with Crippen molar-refractivity contribution in [3.63, 3.8) is 0 Å². The van der Waals surface area contributed by atoms with Gasteiger partial charge in [0.2, 0.25) is 0 Å². The summed E-state index contributed by atoms with van der Waals surface area (Å²) in [7, 11) is -4.39. The van der Waals surface area contributed by atoms with E-state index < -0.39 is 7.82 Å². The van der Waals surface area contributed by atoms with Crippen LogP contribution in [0.5, 0.6) is 5.75 Å². The Bertz CT molecular complexity index is 1040. The highest BCUT2D eigenvalue weighted by Crippen LogP contribution is 2.36. The summed E-state index contributed by atoms with van der Waals surface area (Å²) >= 11 is 0. The van der Waals surface area contributed by atoms with Crippen molar-refractivity contribution in [1.82, 2.24) is 0 Å². The maximum absolute atomic E-state index is 10.3. The first-order valence-corrected chi connectivity index (χ1v) is 12.2. The second-order valence-corrected chi connectivity index (χ2v) is 7.90. The third-order valence-electron chi connectivity index (χ3n) is 4.07. The van der Waals surface area contributed by atoms with E-state index in [9.17, 15) is 4.57 Å². The van der Waals surface area contributed by atoms with E-state index in [4.69, 9.17) is 9.79 Å². The van der Waals surface area contributed by atoms with Crippen molar-refractivity contribution < 1.29 is 18.9 Å². The van der Waals surface area contributed by atoms with E-state index in [-0.39, 0.29) is 5.75 Å². The van der Waals surface area contributed by atoms with Gasteiger partial charge in [0.15, 0.2) is 0 Å². The molecule has 0 saturated carbocycles. The van der Waals surface area contributed by atoms with Crippen LogP contribution in [0.4, 0.5) is 0 Å². The first-order chi connectivity index (χ1) is 16.9. The summed E-state index contributed by atoms with van der Waals surface area (Å²) in [5.74, 6) is 0.167. The summed E-state index contributed by atoms with van der Waals surface area (Å²) in [6, 6.07) is 38.0. The average Bonchev–Trinajstić information content (AvgIpc) is 2.91. The lowest BCUT2D eigenvalue weighted by Crippen LogP contribution is -1.88. The second kappa shape index (κ2) is 17.5. The molecule has 4 rings (SSSR count). The molecule has 0 fully saturated rings. The number of rotatable bonds is 5. The fourth-order valence-electron chi connectivity index (χ4n) is 2.39. The quantitative estimate of drug-likeness (QED) is 0.279. The van der Waals surface area contributed by atoms with Crippen molar-refractivity contribution in [1.29, 1.82) is 0 Å². The minimum absolute atomic E-state index is 0.167. The number of para-hydroxylation sites is 1. The zero-order valence-corrected chi connectivity index (χ0v) is 20.5. The maximum Gasteiger partial charge on any atom is 0.524 e. The molecule has 0 heterocycles. The van der Waals surface area contributed by atoms with E-state index in [1.165, 1.54) is 28.8 Å². The van der Waals surface area contributed by atoms with Crippen LogP contribution in [-0.4, -0.2) is 9.79 Å². The Labute approximate surface area is 208 Å². The zero-order chi connectivity index (χ0) is 25.8. The molecule has 4 nitrogen and oxygen atoms in total. The van der Waals surface area contributed by atoms with Crippen LogP contribution in [0.25, 0.3) is 18.2 Å². The Morgan fingerprint density at radius 3 is 0.971 bits per heavy atom. The van der Waals surface area contributed by atoms with Crippen LogP contribution in [0.15, 0.2) is 141 Å². The van der Waals surface area contributed by atoms with Gasteiger partial charge in [0.05, 0.1) is 0 Å². The molecule has 180 valence electrons. The minimum Gasteiger partial charge on any atom is -0.404 e. The third kappa shape index (κ3) is 15.5. The number of phosphoric acid groups is 1. The molecule has 0 bridgehead atoms. The summed E-state index contributed by atoms with van der Waals surface area (Å²) < 4.78 is 14.5. The summed E-state index contributed by atoms with van der Waals surface area (Å²) in [5.41, 5.74) is 3.52.